The van der Waals surface area contributed by atoms with E-state index in [4.69, 9.17) is 4.74 Å². The highest BCUT2D eigenvalue weighted by Crippen LogP contribution is 2.55. The lowest BCUT2D eigenvalue weighted by Gasteiger charge is -2.35. The van der Waals surface area contributed by atoms with Gasteiger partial charge in [-0.05, 0) is 56.3 Å². The molecule has 2 nitrogen and oxygen atoms in total. The van der Waals surface area contributed by atoms with E-state index in [9.17, 15) is 4.79 Å². The predicted octanol–water partition coefficient (Wildman–Crippen LogP) is 3.89. The van der Waals surface area contributed by atoms with Crippen molar-refractivity contribution >= 4 is 5.97 Å². The molecular formula is C16H28O2. The second kappa shape index (κ2) is 4.54. The van der Waals surface area contributed by atoms with Crippen LogP contribution in [-0.2, 0) is 9.53 Å². The largest absolute Gasteiger partial charge is 0.459 e. The summed E-state index contributed by atoms with van der Waals surface area (Å²) in [5, 5.41) is 0. The molecule has 0 aliphatic heterocycles. The topological polar surface area (TPSA) is 26.3 Å². The number of carbonyl (C=O) groups is 1. The summed E-state index contributed by atoms with van der Waals surface area (Å²) < 4.78 is 5.78. The molecule has 0 aromatic rings. The zero-order valence-electron chi connectivity index (χ0n) is 12.7. The number of esters is 1. The normalized spacial score (nSPS) is 39.4. The number of rotatable bonds is 3. The van der Waals surface area contributed by atoms with Gasteiger partial charge in [0.05, 0.1) is 5.92 Å². The van der Waals surface area contributed by atoms with E-state index in [-0.39, 0.29) is 17.5 Å². The maximum absolute atomic E-state index is 12.4. The van der Waals surface area contributed by atoms with Gasteiger partial charge in [0, 0.05) is 0 Å². The van der Waals surface area contributed by atoms with Crippen molar-refractivity contribution in [2.45, 2.75) is 60.0 Å². The van der Waals surface area contributed by atoms with E-state index in [1.54, 1.807) is 0 Å². The van der Waals surface area contributed by atoms with Gasteiger partial charge in [0.25, 0.3) is 0 Å². The summed E-state index contributed by atoms with van der Waals surface area (Å²) in [5.41, 5.74) is -0.340. The van der Waals surface area contributed by atoms with Gasteiger partial charge in [-0.1, -0.05) is 27.7 Å². The van der Waals surface area contributed by atoms with E-state index in [1.807, 2.05) is 13.8 Å². The second-order valence-corrected chi connectivity index (χ2v) is 7.40. The zero-order chi connectivity index (χ0) is 13.7. The minimum absolute atomic E-state index is 0.0555. The summed E-state index contributed by atoms with van der Waals surface area (Å²) in [6.45, 7) is 12.9. The highest BCUT2D eigenvalue weighted by atomic mass is 16.6. The van der Waals surface area contributed by atoms with Gasteiger partial charge in [-0.25, -0.2) is 0 Å². The standard InChI is InChI=1S/C16H28O2/c1-9(2)16(5,6)18-15(17)14-8-12-7-13(14)11(4)10(12)3/h9-14H,7-8H2,1-6H3. The molecule has 2 rings (SSSR count). The molecule has 0 aromatic carbocycles. The minimum Gasteiger partial charge on any atom is -0.459 e. The molecule has 5 unspecified atom stereocenters. The predicted molar refractivity (Wildman–Crippen MR) is 73.0 cm³/mol. The molecule has 2 fully saturated rings. The minimum atomic E-state index is -0.340. The first kappa shape index (κ1) is 13.9. The van der Waals surface area contributed by atoms with E-state index in [0.717, 1.165) is 18.3 Å². The highest BCUT2D eigenvalue weighted by molar-refractivity contribution is 5.74. The van der Waals surface area contributed by atoms with Crippen molar-refractivity contribution in [1.82, 2.24) is 0 Å². The van der Waals surface area contributed by atoms with E-state index in [2.05, 4.69) is 27.7 Å². The third-order valence-electron chi connectivity index (χ3n) is 5.95. The Morgan fingerprint density at radius 1 is 1.17 bits per heavy atom. The fourth-order valence-electron chi connectivity index (χ4n) is 3.66. The van der Waals surface area contributed by atoms with Crippen LogP contribution in [0.3, 0.4) is 0 Å². The summed E-state index contributed by atoms with van der Waals surface area (Å²) in [6, 6.07) is 0. The van der Waals surface area contributed by atoms with Crippen molar-refractivity contribution in [3.8, 4) is 0 Å². The quantitative estimate of drug-likeness (QED) is 0.712. The molecule has 0 amide bonds. The fraction of sp³-hybridized carbons (Fsp3) is 0.938. The first-order valence-electron chi connectivity index (χ1n) is 7.47. The molecule has 2 aliphatic rings. The summed E-state index contributed by atoms with van der Waals surface area (Å²) in [6.07, 6.45) is 2.30. The highest BCUT2D eigenvalue weighted by Gasteiger charge is 2.52. The maximum atomic E-state index is 12.4. The van der Waals surface area contributed by atoms with Gasteiger partial charge in [-0.15, -0.1) is 0 Å². The molecule has 0 radical (unpaired) electrons. The Morgan fingerprint density at radius 2 is 1.78 bits per heavy atom. The maximum Gasteiger partial charge on any atom is 0.309 e. The fourth-order valence-corrected chi connectivity index (χ4v) is 3.66. The third kappa shape index (κ3) is 2.19. The molecular weight excluding hydrogens is 224 g/mol. The van der Waals surface area contributed by atoms with E-state index < -0.39 is 0 Å². The molecule has 0 aromatic heterocycles. The van der Waals surface area contributed by atoms with E-state index in [0.29, 0.717) is 17.8 Å². The van der Waals surface area contributed by atoms with Gasteiger partial charge in [0.2, 0.25) is 0 Å². The number of hydrogen-bond donors (Lipinski definition) is 0. The Labute approximate surface area is 111 Å². The van der Waals surface area contributed by atoms with Crippen molar-refractivity contribution < 1.29 is 9.53 Å². The Kier molecular flexibility index (Phi) is 3.50. The molecule has 104 valence electrons. The van der Waals surface area contributed by atoms with Crippen LogP contribution in [0.2, 0.25) is 0 Å². The van der Waals surface area contributed by atoms with Gasteiger partial charge >= 0.3 is 5.97 Å². The SMILES string of the molecule is CC1C2CC(C(=O)OC(C)(C)C(C)C)C(C2)C1C. The average Bonchev–Trinajstić information content (AvgIpc) is 2.79. The van der Waals surface area contributed by atoms with Gasteiger partial charge < -0.3 is 4.74 Å². The van der Waals surface area contributed by atoms with Crippen LogP contribution in [0.1, 0.15) is 54.4 Å². The number of hydrogen-bond acceptors (Lipinski definition) is 2. The third-order valence-corrected chi connectivity index (χ3v) is 5.95. The molecule has 2 aliphatic carbocycles. The van der Waals surface area contributed by atoms with Crippen LogP contribution in [0.15, 0.2) is 0 Å². The molecule has 2 heteroatoms. The van der Waals surface area contributed by atoms with Crippen LogP contribution in [0, 0.1) is 35.5 Å². The summed E-state index contributed by atoms with van der Waals surface area (Å²) in [4.78, 5) is 12.4. The van der Waals surface area contributed by atoms with Crippen LogP contribution in [-0.4, -0.2) is 11.6 Å². The molecule has 0 saturated heterocycles. The molecule has 18 heavy (non-hydrogen) atoms. The molecule has 5 atom stereocenters. The van der Waals surface area contributed by atoms with E-state index >= 15 is 0 Å². The number of fused-ring (bicyclic) bond motifs is 2. The average molecular weight is 252 g/mol. The molecule has 2 bridgehead atoms. The Bertz CT molecular complexity index is 330. The second-order valence-electron chi connectivity index (χ2n) is 7.40. The number of carbonyl (C=O) groups excluding carboxylic acids is 1. The van der Waals surface area contributed by atoms with Gasteiger partial charge in [0.1, 0.15) is 5.60 Å². The lowest BCUT2D eigenvalue weighted by molar-refractivity contribution is -0.168. The molecule has 0 N–H and O–H groups in total. The van der Waals surface area contributed by atoms with Gasteiger partial charge in [-0.3, -0.25) is 4.79 Å². The molecule has 0 heterocycles. The number of ether oxygens (including phenoxy) is 1. The van der Waals surface area contributed by atoms with Crippen molar-refractivity contribution in [2.24, 2.45) is 35.5 Å². The van der Waals surface area contributed by atoms with Crippen LogP contribution >= 0.6 is 0 Å². The van der Waals surface area contributed by atoms with Crippen LogP contribution < -0.4 is 0 Å². The summed E-state index contributed by atoms with van der Waals surface area (Å²) in [7, 11) is 0. The van der Waals surface area contributed by atoms with Crippen molar-refractivity contribution in [2.75, 3.05) is 0 Å². The Balaban J connectivity index is 2.00. The Hall–Kier alpha value is -0.530. The monoisotopic (exact) mass is 252 g/mol. The lowest BCUT2D eigenvalue weighted by Crippen LogP contribution is -2.39. The smallest absolute Gasteiger partial charge is 0.309 e. The van der Waals surface area contributed by atoms with E-state index in [1.165, 1.54) is 6.42 Å². The van der Waals surface area contributed by atoms with Crippen molar-refractivity contribution in [3.63, 3.8) is 0 Å². The van der Waals surface area contributed by atoms with Crippen LogP contribution in [0.5, 0.6) is 0 Å². The van der Waals surface area contributed by atoms with Crippen molar-refractivity contribution in [3.05, 3.63) is 0 Å². The van der Waals surface area contributed by atoms with Gasteiger partial charge in [-0.2, -0.15) is 0 Å². The van der Waals surface area contributed by atoms with Crippen molar-refractivity contribution in [1.29, 1.82) is 0 Å². The molecule has 2 saturated carbocycles. The van der Waals surface area contributed by atoms with Gasteiger partial charge in [0.15, 0.2) is 0 Å². The summed E-state index contributed by atoms with van der Waals surface area (Å²) in [5.74, 6) is 3.38. The van der Waals surface area contributed by atoms with Crippen LogP contribution in [0.4, 0.5) is 0 Å². The summed E-state index contributed by atoms with van der Waals surface area (Å²) >= 11 is 0. The zero-order valence-corrected chi connectivity index (χ0v) is 12.7. The lowest BCUT2D eigenvalue weighted by atomic mass is 9.75. The Morgan fingerprint density at radius 3 is 2.22 bits per heavy atom. The first-order chi connectivity index (χ1) is 8.24. The van der Waals surface area contributed by atoms with Crippen LogP contribution in [0.25, 0.3) is 0 Å². The molecule has 0 spiro atoms. The first-order valence-corrected chi connectivity index (χ1v) is 7.47.